The first kappa shape index (κ1) is 12.5. The molecule has 0 radical (unpaired) electrons. The number of nitrogens with zero attached hydrogens (tertiary/aromatic N) is 2. The molecule has 4 rings (SSSR count). The van der Waals surface area contributed by atoms with E-state index in [2.05, 4.69) is 39.4 Å². The second kappa shape index (κ2) is 5.28. The van der Waals surface area contributed by atoms with Crippen LogP contribution in [0.5, 0.6) is 0 Å². The zero-order chi connectivity index (χ0) is 13.4. The molecule has 3 fully saturated rings. The fourth-order valence-electron chi connectivity index (χ4n) is 3.68. The van der Waals surface area contributed by atoms with Crippen LogP contribution in [0, 0.1) is 5.92 Å². The van der Waals surface area contributed by atoms with Gasteiger partial charge in [-0.1, -0.05) is 0 Å². The van der Waals surface area contributed by atoms with Crippen molar-refractivity contribution >= 4 is 11.4 Å². The molecule has 0 aromatic heterocycles. The molecule has 2 saturated heterocycles. The summed E-state index contributed by atoms with van der Waals surface area (Å²) in [6, 6.07) is 10.00. The molecular weight excluding hydrogens is 246 g/mol. The van der Waals surface area contributed by atoms with Crippen LogP contribution in [0.3, 0.4) is 0 Å². The summed E-state index contributed by atoms with van der Waals surface area (Å²) in [5.41, 5.74) is 2.81. The molecule has 1 N–H and O–H groups in total. The van der Waals surface area contributed by atoms with Gasteiger partial charge in [0.15, 0.2) is 0 Å². The van der Waals surface area contributed by atoms with Crippen LogP contribution in [-0.2, 0) is 0 Å². The summed E-state index contributed by atoms with van der Waals surface area (Å²) in [6.07, 6.45) is 5.56. The Morgan fingerprint density at radius 3 is 2.15 bits per heavy atom. The van der Waals surface area contributed by atoms with Gasteiger partial charge in [0.25, 0.3) is 0 Å². The van der Waals surface area contributed by atoms with E-state index in [9.17, 15) is 0 Å². The number of rotatable bonds is 3. The van der Waals surface area contributed by atoms with E-state index in [1.807, 2.05) is 0 Å². The van der Waals surface area contributed by atoms with Crippen LogP contribution in [-0.4, -0.2) is 38.8 Å². The maximum Gasteiger partial charge on any atom is 0.0368 e. The molecule has 1 unspecified atom stereocenters. The minimum atomic E-state index is 0.724. The number of benzene rings is 1. The lowest BCUT2D eigenvalue weighted by Crippen LogP contribution is -2.51. The molecule has 2 aliphatic heterocycles. The highest BCUT2D eigenvalue weighted by molar-refractivity contribution is 5.57. The molecule has 1 atom stereocenters. The lowest BCUT2D eigenvalue weighted by atomic mass is 10.1. The summed E-state index contributed by atoms with van der Waals surface area (Å²) in [5, 5.41) is 3.69. The Kier molecular flexibility index (Phi) is 3.31. The zero-order valence-corrected chi connectivity index (χ0v) is 12.2. The van der Waals surface area contributed by atoms with Crippen molar-refractivity contribution in [3.63, 3.8) is 0 Å². The molecule has 2 heterocycles. The maximum absolute atomic E-state index is 3.69. The first-order valence-corrected chi connectivity index (χ1v) is 8.23. The van der Waals surface area contributed by atoms with Crippen molar-refractivity contribution in [3.8, 4) is 0 Å². The average Bonchev–Trinajstić information content (AvgIpc) is 3.23. The second-order valence-corrected chi connectivity index (χ2v) is 6.55. The first-order chi connectivity index (χ1) is 9.90. The number of nitrogens with one attached hydrogen (secondary N) is 1. The Balaban J connectivity index is 1.44. The van der Waals surface area contributed by atoms with Crippen LogP contribution in [0.4, 0.5) is 11.4 Å². The van der Waals surface area contributed by atoms with E-state index >= 15 is 0 Å². The van der Waals surface area contributed by atoms with Crippen LogP contribution in [0.15, 0.2) is 24.3 Å². The third-order valence-electron chi connectivity index (χ3n) is 5.08. The van der Waals surface area contributed by atoms with Crippen molar-refractivity contribution in [1.29, 1.82) is 0 Å². The van der Waals surface area contributed by atoms with Gasteiger partial charge in [-0.05, 0) is 55.9 Å². The SMILES string of the molecule is c1cc(N2CCNC(C3CC3)C2)ccc1N1CCCC1. The Morgan fingerprint density at radius 2 is 1.50 bits per heavy atom. The van der Waals surface area contributed by atoms with Crippen molar-refractivity contribution < 1.29 is 0 Å². The Bertz CT molecular complexity index is 446. The summed E-state index contributed by atoms with van der Waals surface area (Å²) in [6.45, 7) is 5.93. The van der Waals surface area contributed by atoms with Crippen molar-refractivity contribution in [3.05, 3.63) is 24.3 Å². The van der Waals surface area contributed by atoms with Gasteiger partial charge in [0.05, 0.1) is 0 Å². The van der Waals surface area contributed by atoms with Gasteiger partial charge in [0.1, 0.15) is 0 Å². The Morgan fingerprint density at radius 1 is 0.850 bits per heavy atom. The predicted molar refractivity (Wildman–Crippen MR) is 84.6 cm³/mol. The number of piperazine rings is 1. The third kappa shape index (κ3) is 2.51. The molecular formula is C17H25N3. The minimum absolute atomic E-state index is 0.724. The van der Waals surface area contributed by atoms with E-state index in [4.69, 9.17) is 0 Å². The van der Waals surface area contributed by atoms with Crippen molar-refractivity contribution in [1.82, 2.24) is 5.32 Å². The van der Waals surface area contributed by atoms with Gasteiger partial charge in [0.2, 0.25) is 0 Å². The van der Waals surface area contributed by atoms with Gasteiger partial charge in [-0.3, -0.25) is 0 Å². The van der Waals surface area contributed by atoms with Gasteiger partial charge in [0, 0.05) is 50.1 Å². The smallest absolute Gasteiger partial charge is 0.0368 e. The van der Waals surface area contributed by atoms with Gasteiger partial charge in [-0.25, -0.2) is 0 Å². The normalized spacial score (nSPS) is 27.1. The molecule has 20 heavy (non-hydrogen) atoms. The van der Waals surface area contributed by atoms with Gasteiger partial charge in [-0.2, -0.15) is 0 Å². The van der Waals surface area contributed by atoms with E-state index in [1.54, 1.807) is 0 Å². The van der Waals surface area contributed by atoms with Crippen molar-refractivity contribution in [2.24, 2.45) is 5.92 Å². The molecule has 0 spiro atoms. The van der Waals surface area contributed by atoms with E-state index in [0.29, 0.717) is 0 Å². The Hall–Kier alpha value is -1.22. The quantitative estimate of drug-likeness (QED) is 0.911. The molecule has 1 aromatic carbocycles. The molecule has 108 valence electrons. The number of hydrogen-bond donors (Lipinski definition) is 1. The molecule has 1 saturated carbocycles. The predicted octanol–water partition coefficient (Wildman–Crippen LogP) is 2.48. The first-order valence-electron chi connectivity index (χ1n) is 8.23. The summed E-state index contributed by atoms with van der Waals surface area (Å²) in [7, 11) is 0. The summed E-state index contributed by atoms with van der Waals surface area (Å²) in [4.78, 5) is 5.07. The lowest BCUT2D eigenvalue weighted by molar-refractivity contribution is 0.419. The zero-order valence-electron chi connectivity index (χ0n) is 12.2. The number of anilines is 2. The monoisotopic (exact) mass is 271 g/mol. The summed E-state index contributed by atoms with van der Waals surface area (Å²) >= 11 is 0. The van der Waals surface area contributed by atoms with Crippen LogP contribution in [0.1, 0.15) is 25.7 Å². The fraction of sp³-hybridized carbons (Fsp3) is 0.647. The molecule has 0 amide bonds. The standard InChI is InChI=1S/C17H25N3/c1-2-11-19(10-1)15-5-7-16(8-6-15)20-12-9-18-17(13-20)14-3-4-14/h5-8,14,17-18H,1-4,9-13H2. The van der Waals surface area contributed by atoms with E-state index in [1.165, 1.54) is 56.7 Å². The van der Waals surface area contributed by atoms with E-state index in [-0.39, 0.29) is 0 Å². The maximum atomic E-state index is 3.69. The minimum Gasteiger partial charge on any atom is -0.372 e. The third-order valence-corrected chi connectivity index (χ3v) is 5.08. The average molecular weight is 271 g/mol. The van der Waals surface area contributed by atoms with Crippen molar-refractivity contribution in [2.45, 2.75) is 31.7 Å². The molecule has 1 aromatic rings. The highest BCUT2D eigenvalue weighted by Gasteiger charge is 2.34. The van der Waals surface area contributed by atoms with Crippen LogP contribution in [0.2, 0.25) is 0 Å². The molecule has 1 aliphatic carbocycles. The van der Waals surface area contributed by atoms with Crippen LogP contribution >= 0.6 is 0 Å². The van der Waals surface area contributed by atoms with Crippen molar-refractivity contribution in [2.75, 3.05) is 42.5 Å². The molecule has 3 nitrogen and oxygen atoms in total. The highest BCUT2D eigenvalue weighted by atomic mass is 15.2. The van der Waals surface area contributed by atoms with E-state index < -0.39 is 0 Å². The van der Waals surface area contributed by atoms with Crippen LogP contribution in [0.25, 0.3) is 0 Å². The fourth-order valence-corrected chi connectivity index (χ4v) is 3.68. The second-order valence-electron chi connectivity index (χ2n) is 6.55. The van der Waals surface area contributed by atoms with E-state index in [0.717, 1.165) is 25.0 Å². The highest BCUT2D eigenvalue weighted by Crippen LogP contribution is 2.34. The number of hydrogen-bond acceptors (Lipinski definition) is 3. The van der Waals surface area contributed by atoms with Gasteiger partial charge < -0.3 is 15.1 Å². The molecule has 0 bridgehead atoms. The largest absolute Gasteiger partial charge is 0.372 e. The van der Waals surface area contributed by atoms with Gasteiger partial charge in [-0.15, -0.1) is 0 Å². The summed E-state index contributed by atoms with van der Waals surface area (Å²) in [5.74, 6) is 0.946. The van der Waals surface area contributed by atoms with Crippen LogP contribution < -0.4 is 15.1 Å². The summed E-state index contributed by atoms with van der Waals surface area (Å²) < 4.78 is 0. The van der Waals surface area contributed by atoms with Gasteiger partial charge >= 0.3 is 0 Å². The Labute approximate surface area is 121 Å². The molecule has 3 aliphatic rings. The topological polar surface area (TPSA) is 18.5 Å². The molecule has 3 heteroatoms. The lowest BCUT2D eigenvalue weighted by Gasteiger charge is -2.35.